The highest BCUT2D eigenvalue weighted by Crippen LogP contribution is 2.41. The van der Waals surface area contributed by atoms with Crippen LogP contribution in [0.2, 0.25) is 0 Å². The molecule has 0 fully saturated rings. The van der Waals surface area contributed by atoms with Crippen molar-refractivity contribution in [3.05, 3.63) is 59.2 Å². The van der Waals surface area contributed by atoms with E-state index in [0.29, 0.717) is 30.2 Å². The summed E-state index contributed by atoms with van der Waals surface area (Å²) in [4.78, 5) is 24.7. The Labute approximate surface area is 174 Å². The molecule has 3 unspecified atom stereocenters. The van der Waals surface area contributed by atoms with Gasteiger partial charge in [-0.2, -0.15) is 0 Å². The van der Waals surface area contributed by atoms with Gasteiger partial charge in [-0.25, -0.2) is 4.79 Å². The lowest BCUT2D eigenvalue weighted by Gasteiger charge is -2.35. The Kier molecular flexibility index (Phi) is 6.68. The van der Waals surface area contributed by atoms with Crippen LogP contribution in [0.1, 0.15) is 35.9 Å². The number of carbonyl (C=O) groups is 1. The first-order valence-electron chi connectivity index (χ1n) is 9.45. The number of aliphatic hydroxyl groups is 1. The molecule has 9 heteroatoms. The van der Waals surface area contributed by atoms with E-state index in [1.807, 2.05) is 31.2 Å². The smallest absolute Gasteiger partial charge is 0.258 e. The number of isocyanates is 1. The van der Waals surface area contributed by atoms with E-state index >= 15 is 0 Å². The highest BCUT2D eigenvalue weighted by Gasteiger charge is 2.41. The third-order valence-corrected chi connectivity index (χ3v) is 5.06. The van der Waals surface area contributed by atoms with E-state index in [9.17, 15) is 14.7 Å². The Morgan fingerprint density at radius 1 is 1.37 bits per heavy atom. The van der Waals surface area contributed by atoms with Gasteiger partial charge >= 0.3 is 0 Å². The maximum absolute atomic E-state index is 12.3. The van der Waals surface area contributed by atoms with Gasteiger partial charge in [-0.15, -0.1) is 0 Å². The van der Waals surface area contributed by atoms with E-state index in [1.54, 1.807) is 23.1 Å². The molecule has 30 heavy (non-hydrogen) atoms. The summed E-state index contributed by atoms with van der Waals surface area (Å²) in [7, 11) is 1.53. The number of aliphatic hydroxyl groups excluding tert-OH is 1. The Morgan fingerprint density at radius 2 is 2.13 bits per heavy atom. The number of benzene rings is 2. The molecule has 0 bridgehead atoms. The van der Waals surface area contributed by atoms with Crippen molar-refractivity contribution >= 4 is 12.0 Å². The normalized spacial score (nSPS) is 17.4. The van der Waals surface area contributed by atoms with Gasteiger partial charge < -0.3 is 20.3 Å². The van der Waals surface area contributed by atoms with Gasteiger partial charge in [0.15, 0.2) is 11.5 Å². The molecule has 9 nitrogen and oxygen atoms in total. The van der Waals surface area contributed by atoms with E-state index in [1.165, 1.54) is 13.2 Å². The first kappa shape index (κ1) is 21.3. The van der Waals surface area contributed by atoms with E-state index in [4.69, 9.17) is 15.2 Å². The molecule has 1 aliphatic rings. The Morgan fingerprint density at radius 3 is 2.77 bits per heavy atom. The molecular formula is C21H24N4O5. The van der Waals surface area contributed by atoms with Crippen LogP contribution in [0, 0.1) is 0 Å². The zero-order valence-corrected chi connectivity index (χ0v) is 16.7. The van der Waals surface area contributed by atoms with Crippen LogP contribution >= 0.6 is 0 Å². The summed E-state index contributed by atoms with van der Waals surface area (Å²) in [5, 5.41) is 14.3. The lowest BCUT2D eigenvalue weighted by Crippen LogP contribution is -2.49. The van der Waals surface area contributed by atoms with E-state index in [2.05, 4.69) is 10.5 Å². The lowest BCUT2D eigenvalue weighted by molar-refractivity contribution is -0.123. The second-order valence-corrected chi connectivity index (χ2v) is 6.75. The van der Waals surface area contributed by atoms with Gasteiger partial charge in [0.05, 0.1) is 19.8 Å². The number of hydrogen-bond donors (Lipinski definition) is 3. The second-order valence-electron chi connectivity index (χ2n) is 6.75. The van der Waals surface area contributed by atoms with Crippen molar-refractivity contribution < 1.29 is 24.2 Å². The van der Waals surface area contributed by atoms with Crippen molar-refractivity contribution in [2.75, 3.05) is 13.7 Å². The first-order chi connectivity index (χ1) is 14.5. The van der Waals surface area contributed by atoms with Crippen molar-refractivity contribution in [3.8, 4) is 11.5 Å². The average molecular weight is 412 g/mol. The van der Waals surface area contributed by atoms with Crippen molar-refractivity contribution in [1.82, 2.24) is 10.3 Å². The van der Waals surface area contributed by atoms with Crippen LogP contribution in [0.4, 0.5) is 0 Å². The summed E-state index contributed by atoms with van der Waals surface area (Å²) in [6.07, 6.45) is 0.380. The van der Waals surface area contributed by atoms with E-state index in [-0.39, 0.29) is 0 Å². The Balaban J connectivity index is 2.10. The van der Waals surface area contributed by atoms with E-state index in [0.717, 1.165) is 11.1 Å². The average Bonchev–Trinajstić information content (AvgIpc) is 3.07. The molecule has 1 heterocycles. The van der Waals surface area contributed by atoms with E-state index < -0.39 is 24.2 Å². The number of nitrogens with two attached hydrogens (primary N) is 1. The number of hydrogen-bond acceptors (Lipinski definition) is 8. The molecule has 0 aliphatic carbocycles. The van der Waals surface area contributed by atoms with Crippen molar-refractivity contribution in [2.45, 2.75) is 31.8 Å². The SMILES string of the molecule is CCOc1cc(C(C(NN=C=O)C(N)=O)N2Cc3ccccc3C2O)ccc1OC. The number of rotatable bonds is 9. The van der Waals surface area contributed by atoms with Gasteiger partial charge in [-0.05, 0) is 35.7 Å². The predicted octanol–water partition coefficient (Wildman–Crippen LogP) is 1.34. The Hall–Kier alpha value is -3.39. The molecule has 0 saturated carbocycles. The van der Waals surface area contributed by atoms with Gasteiger partial charge in [0, 0.05) is 6.54 Å². The first-order valence-corrected chi connectivity index (χ1v) is 9.45. The Bertz CT molecular complexity index is 960. The topological polar surface area (TPSA) is 126 Å². The summed E-state index contributed by atoms with van der Waals surface area (Å²) in [6.45, 7) is 2.63. The number of ether oxygens (including phenoxy) is 2. The van der Waals surface area contributed by atoms with Crippen molar-refractivity contribution in [1.29, 1.82) is 0 Å². The van der Waals surface area contributed by atoms with Gasteiger partial charge in [0.25, 0.3) is 6.08 Å². The summed E-state index contributed by atoms with van der Waals surface area (Å²) in [6, 6.07) is 10.8. The molecule has 1 amide bonds. The second kappa shape index (κ2) is 9.41. The van der Waals surface area contributed by atoms with Crippen LogP contribution in [0.25, 0.3) is 0 Å². The van der Waals surface area contributed by atoms with Crippen LogP contribution in [0.3, 0.4) is 0 Å². The predicted molar refractivity (Wildman–Crippen MR) is 108 cm³/mol. The molecule has 158 valence electrons. The molecule has 0 spiro atoms. The molecule has 0 radical (unpaired) electrons. The fourth-order valence-corrected chi connectivity index (χ4v) is 3.75. The third-order valence-electron chi connectivity index (χ3n) is 5.06. The monoisotopic (exact) mass is 412 g/mol. The number of carbonyl (C=O) groups excluding carboxylic acids is 2. The maximum atomic E-state index is 12.3. The zero-order valence-electron chi connectivity index (χ0n) is 16.7. The number of nitrogens with one attached hydrogen (secondary N) is 1. The van der Waals surface area contributed by atoms with Gasteiger partial charge in [-0.3, -0.25) is 15.1 Å². The molecule has 3 rings (SSSR count). The number of hydrazone groups is 1. The highest BCUT2D eigenvalue weighted by atomic mass is 16.5. The molecule has 2 aromatic rings. The minimum atomic E-state index is -1.11. The minimum absolute atomic E-state index is 0.369. The standard InChI is InChI=1S/C21H24N4O5/c1-3-30-17-10-13(8-9-16(17)29-2)19(18(20(22)27)24-23-12-26)25-11-14-6-4-5-7-15(14)21(25)28/h4-10,18-19,21,24,28H,3,11H2,1-2H3,(H2,22,27). The van der Waals surface area contributed by atoms with Crippen LogP contribution in [-0.4, -0.2) is 41.8 Å². The molecule has 0 aromatic heterocycles. The van der Waals surface area contributed by atoms with Crippen LogP contribution in [0.15, 0.2) is 47.6 Å². The number of nitrogens with zero attached hydrogens (tertiary/aromatic N) is 2. The zero-order chi connectivity index (χ0) is 21.7. The van der Waals surface area contributed by atoms with Crippen LogP contribution < -0.4 is 20.6 Å². The molecule has 2 aromatic carbocycles. The van der Waals surface area contributed by atoms with Crippen molar-refractivity contribution in [3.63, 3.8) is 0 Å². The quantitative estimate of drug-likeness (QED) is 0.322. The number of amides is 1. The fraction of sp³-hybridized carbons (Fsp3) is 0.333. The summed E-state index contributed by atoms with van der Waals surface area (Å²) < 4.78 is 11.0. The van der Waals surface area contributed by atoms with Crippen LogP contribution in [0.5, 0.6) is 11.5 Å². The third kappa shape index (κ3) is 4.13. The molecule has 3 atom stereocenters. The summed E-state index contributed by atoms with van der Waals surface area (Å²) in [5.41, 5.74) is 10.4. The number of methoxy groups -OCH3 is 1. The summed E-state index contributed by atoms with van der Waals surface area (Å²) >= 11 is 0. The van der Waals surface area contributed by atoms with Gasteiger partial charge in [-0.1, -0.05) is 35.4 Å². The van der Waals surface area contributed by atoms with Crippen LogP contribution in [-0.2, 0) is 16.1 Å². The number of fused-ring (bicyclic) bond motifs is 1. The molecule has 0 saturated heterocycles. The largest absolute Gasteiger partial charge is 0.493 e. The molecule has 4 N–H and O–H groups in total. The minimum Gasteiger partial charge on any atom is -0.493 e. The van der Waals surface area contributed by atoms with Gasteiger partial charge in [0.1, 0.15) is 12.3 Å². The van der Waals surface area contributed by atoms with Crippen molar-refractivity contribution in [2.24, 2.45) is 10.8 Å². The molecule has 1 aliphatic heterocycles. The lowest BCUT2D eigenvalue weighted by atomic mass is 9.96. The highest BCUT2D eigenvalue weighted by molar-refractivity contribution is 5.81. The summed E-state index contributed by atoms with van der Waals surface area (Å²) in [5.74, 6) is 0.269. The fourth-order valence-electron chi connectivity index (χ4n) is 3.75. The van der Waals surface area contributed by atoms with Gasteiger partial charge in [0.2, 0.25) is 5.91 Å². The molecular weight excluding hydrogens is 388 g/mol. The maximum Gasteiger partial charge on any atom is 0.258 e. The number of primary amides is 1.